The maximum Gasteiger partial charge on any atom is 0.490 e. The number of phosphoric ester groups is 3. The largest absolute Gasteiger partial charge is 0.490 e. The van der Waals surface area contributed by atoms with Crippen molar-refractivity contribution in [2.45, 2.75) is 87.3 Å². The molecular formula is C38H56N13O25P4+. The highest BCUT2D eigenvalue weighted by Gasteiger charge is 2.54. The number of H-pyrrole nitrogens is 2. The molecule has 0 spiro atoms. The number of amides is 1. The Morgan fingerprint density at radius 1 is 0.825 bits per heavy atom. The second kappa shape index (κ2) is 24.0. The van der Waals surface area contributed by atoms with Gasteiger partial charge in [0.15, 0.2) is 30.2 Å². The molecule has 3 saturated heterocycles. The molecule has 38 nitrogen and oxygen atoms in total. The number of nitrogens with zero attached hydrogens (tertiary/aromatic N) is 9. The van der Waals surface area contributed by atoms with Crippen LogP contribution in [0.5, 0.6) is 0 Å². The van der Waals surface area contributed by atoms with Gasteiger partial charge >= 0.3 is 42.6 Å². The number of aliphatic hydroxyl groups is 2. The van der Waals surface area contributed by atoms with Crippen LogP contribution in [0, 0.1) is 5.92 Å². The number of aromatic nitrogens is 10. The first-order chi connectivity index (χ1) is 37.5. The Labute approximate surface area is 448 Å². The van der Waals surface area contributed by atoms with Crippen molar-refractivity contribution in [3.8, 4) is 0 Å². The van der Waals surface area contributed by atoms with Crippen molar-refractivity contribution < 1.29 is 108 Å². The van der Waals surface area contributed by atoms with Crippen molar-refractivity contribution >= 4 is 71.3 Å². The second-order valence-electron chi connectivity index (χ2n) is 18.2. The number of hydrogen-bond donors (Lipinski definition) is 10. The number of anilines is 2. The molecule has 3 aliphatic rings. The maximum atomic E-state index is 13.8. The highest BCUT2D eigenvalue weighted by Crippen LogP contribution is 2.68. The molecule has 0 radical (unpaired) electrons. The summed E-state index contributed by atoms with van der Waals surface area (Å²) in [6, 6.07) is 1.01. The molecule has 16 atom stereocenters. The Bertz CT molecular complexity index is 3470. The summed E-state index contributed by atoms with van der Waals surface area (Å²) in [4.78, 5) is 115. The molecule has 8 heterocycles. The third-order valence-electron chi connectivity index (χ3n) is 12.5. The van der Waals surface area contributed by atoms with Crippen LogP contribution in [0.15, 0.2) is 45.6 Å². The van der Waals surface area contributed by atoms with Gasteiger partial charge in [0.1, 0.15) is 54.6 Å². The third kappa shape index (κ3) is 13.4. The molecule has 3 fully saturated rings. The van der Waals surface area contributed by atoms with Gasteiger partial charge in [-0.05, 0) is 6.42 Å². The molecule has 5 aromatic heterocycles. The highest BCUT2D eigenvalue weighted by molar-refractivity contribution is 7.66. The van der Waals surface area contributed by atoms with Crippen LogP contribution in [0.3, 0.4) is 0 Å². The average molecular weight is 1220 g/mol. The number of aryl methyl sites for hydroxylation is 1. The predicted molar refractivity (Wildman–Crippen MR) is 263 cm³/mol. The molecule has 0 aliphatic carbocycles. The van der Waals surface area contributed by atoms with Crippen molar-refractivity contribution in [2.24, 2.45) is 13.0 Å². The van der Waals surface area contributed by atoms with Gasteiger partial charge in [0.05, 0.1) is 39.3 Å². The average Bonchev–Trinajstić information content (AvgIpc) is 4.37. The molecule has 0 saturated carbocycles. The van der Waals surface area contributed by atoms with E-state index in [1.54, 1.807) is 6.92 Å². The molecular weight excluding hydrogens is 1160 g/mol. The number of rotatable bonds is 24. The van der Waals surface area contributed by atoms with Gasteiger partial charge in [-0.3, -0.25) is 56.1 Å². The minimum Gasteiger partial charge on any atom is -0.387 e. The lowest BCUT2D eigenvalue weighted by Gasteiger charge is -2.26. The zero-order chi connectivity index (χ0) is 58.4. The van der Waals surface area contributed by atoms with Gasteiger partial charge in [-0.1, -0.05) is 11.9 Å². The molecule has 0 bridgehead atoms. The van der Waals surface area contributed by atoms with E-state index in [0.717, 1.165) is 36.6 Å². The molecule has 12 N–H and O–H groups in total. The first-order valence-electron chi connectivity index (χ1n) is 23.6. The molecule has 5 unspecified atom stereocenters. The summed E-state index contributed by atoms with van der Waals surface area (Å²) in [5.74, 6) is -2.17. The number of nitrogens with two attached hydrogens (primary N) is 2. The van der Waals surface area contributed by atoms with E-state index in [1.807, 2.05) is 4.98 Å². The first kappa shape index (κ1) is 61.0. The quantitative estimate of drug-likeness (QED) is 0.0222. The van der Waals surface area contributed by atoms with E-state index >= 15 is 0 Å². The summed E-state index contributed by atoms with van der Waals surface area (Å²) >= 11 is 0. The summed E-state index contributed by atoms with van der Waals surface area (Å²) in [6.07, 6.45) is -12.4. The molecule has 5 aromatic rings. The number of hydrogen-bond acceptors (Lipinski definition) is 27. The van der Waals surface area contributed by atoms with Crippen molar-refractivity contribution in [2.75, 3.05) is 59.1 Å². The van der Waals surface area contributed by atoms with Gasteiger partial charge in [0.2, 0.25) is 17.7 Å². The number of fused-ring (bicyclic) bond motifs is 2. The molecule has 3 aliphatic heterocycles. The van der Waals surface area contributed by atoms with Crippen molar-refractivity contribution in [1.29, 1.82) is 0 Å². The van der Waals surface area contributed by atoms with E-state index in [2.05, 4.69) is 33.5 Å². The van der Waals surface area contributed by atoms with E-state index in [0.29, 0.717) is 6.42 Å². The van der Waals surface area contributed by atoms with E-state index in [9.17, 15) is 67.2 Å². The van der Waals surface area contributed by atoms with E-state index in [4.69, 9.17) is 53.2 Å². The van der Waals surface area contributed by atoms with Gasteiger partial charge in [-0.25, -0.2) is 42.6 Å². The maximum absolute atomic E-state index is 13.8. The number of methoxy groups -OCH3 is 1. The van der Waals surface area contributed by atoms with Gasteiger partial charge in [-0.15, -0.1) is 0 Å². The molecule has 80 heavy (non-hydrogen) atoms. The van der Waals surface area contributed by atoms with Gasteiger partial charge < -0.3 is 69.8 Å². The van der Waals surface area contributed by atoms with E-state index in [1.165, 1.54) is 46.1 Å². The summed E-state index contributed by atoms with van der Waals surface area (Å²) in [5, 5.41) is 22.7. The summed E-state index contributed by atoms with van der Waals surface area (Å²) in [6.45, 7) is -1.42. The molecule has 0 aromatic carbocycles. The Morgan fingerprint density at radius 3 is 2.11 bits per heavy atom. The molecule has 8 rings (SSSR count). The number of aromatic amines is 2. The van der Waals surface area contributed by atoms with Crippen LogP contribution in [-0.2, 0) is 80.5 Å². The molecule has 442 valence electrons. The fourth-order valence-corrected chi connectivity index (χ4v) is 13.4. The SMILES string of the molecule is CCCO[C@@H]1[C@H](O)[C@@H](COP(=O)(O)O[C@H]2[C@@H](OC)[C@H](n3cnc4c(N)ncnc43)O[C@@H]2COP(=O)(O)OP(=O)(O)OP(=O)(O)OC[C@H]2OC([n+]3cn(C)c4c(=O)[nH]c(N)nc43)[C@H](O)[C@@H]2CC(=O)N(C)C)O[C@H]1n1ccc(=O)[nH]c1=O. The van der Waals surface area contributed by atoms with E-state index in [-0.39, 0.29) is 40.7 Å². The lowest BCUT2D eigenvalue weighted by molar-refractivity contribution is -0.745. The van der Waals surface area contributed by atoms with E-state index < -0.39 is 154 Å². The lowest BCUT2D eigenvalue weighted by atomic mass is 9.94. The number of carbonyl (C=O) groups is 1. The Hall–Kier alpha value is -5.11. The Morgan fingerprint density at radius 2 is 1.46 bits per heavy atom. The fourth-order valence-electron chi connectivity index (χ4n) is 8.93. The highest BCUT2D eigenvalue weighted by atomic mass is 31.3. The monoisotopic (exact) mass is 1220 g/mol. The smallest absolute Gasteiger partial charge is 0.387 e. The molecule has 42 heteroatoms. The fraction of sp³-hybridized carbons (Fsp3) is 0.605. The predicted octanol–water partition coefficient (Wildman–Crippen LogP) is -2.71. The minimum atomic E-state index is -6.23. The van der Waals surface area contributed by atoms with Crippen LogP contribution in [0.25, 0.3) is 22.3 Å². The second-order valence-corrected chi connectivity index (χ2v) is 24.3. The van der Waals surface area contributed by atoms with Crippen LogP contribution in [0.1, 0.15) is 38.4 Å². The standard InChI is InChI=1S/C38H55N13O25P4/c1-6-9-67-28-26(55)19(72-35(28)49-8-7-21(52)44-38(49)57)12-68-77(58,59)74-27-20(73-36(29(27)66-5)50-15-43-23-30(39)41-14-42-31(23)50)13-70-79(62,63)76-80(64,65)75-78(60,61)69-11-18-17(10-22(53)47(2)3)25(54)34(71-18)51-16-48(4)24-32(51)45-37(40)46-33(24)56/h7-8,14-20,25-29,34-36,54-55H,6,9-13H2,1-5H3,(H9-,39,40,41,42,44,45,46,52,56,57,58,59,60,61,62,63,64,65)/p+1/t17-,18-,19-,20-,25-,26-,27-,28-,29-,34?,35-,36-/m1/s1. The van der Waals surface area contributed by atoms with Crippen LogP contribution < -0.4 is 32.8 Å². The number of nitrogens with one attached hydrogen (secondary N) is 2. The summed E-state index contributed by atoms with van der Waals surface area (Å²) in [7, 11) is -18.2. The number of phosphoric acid groups is 4. The zero-order valence-electron chi connectivity index (χ0n) is 42.5. The number of ether oxygens (including phenoxy) is 5. The van der Waals surface area contributed by atoms with Crippen LogP contribution in [-0.4, -0.2) is 181 Å². The lowest BCUT2D eigenvalue weighted by Crippen LogP contribution is -2.45. The summed E-state index contributed by atoms with van der Waals surface area (Å²) in [5.41, 5.74) is 9.38. The molecule has 1 amide bonds. The van der Waals surface area contributed by atoms with Crippen LogP contribution in [0.4, 0.5) is 11.8 Å². The first-order valence-corrected chi connectivity index (χ1v) is 29.5. The van der Waals surface area contributed by atoms with Crippen molar-refractivity contribution in [3.05, 3.63) is 62.4 Å². The van der Waals surface area contributed by atoms with Crippen LogP contribution in [0.2, 0.25) is 0 Å². The van der Waals surface area contributed by atoms with Crippen LogP contribution >= 0.6 is 31.3 Å². The number of carbonyl (C=O) groups excluding carboxylic acids is 1. The van der Waals surface area contributed by atoms with Crippen molar-refractivity contribution in [3.63, 3.8) is 0 Å². The van der Waals surface area contributed by atoms with Gasteiger partial charge in [-0.2, -0.15) is 8.62 Å². The Balaban J connectivity index is 0.959. The topological polar surface area (TPSA) is 517 Å². The Kier molecular flexibility index (Phi) is 18.3. The number of aliphatic hydroxyl groups excluding tert-OH is 2. The van der Waals surface area contributed by atoms with Crippen molar-refractivity contribution in [1.82, 2.24) is 48.5 Å². The number of nitrogen functional groups attached to an aromatic ring is 2. The number of imidazole rings is 2. The van der Waals surface area contributed by atoms with Gasteiger partial charge in [0, 0.05) is 52.4 Å². The minimum absolute atomic E-state index is 0.00637. The normalized spacial score (nSPS) is 29.1. The van der Waals surface area contributed by atoms with Gasteiger partial charge in [0.25, 0.3) is 17.1 Å². The summed E-state index contributed by atoms with van der Waals surface area (Å²) < 4.78 is 117. The zero-order valence-corrected chi connectivity index (χ0v) is 46.0. The third-order valence-corrected chi connectivity index (χ3v) is 17.8.